The monoisotopic (exact) mass is 458 g/mol. The normalized spacial score (nSPS) is 21.7. The molecule has 0 radical (unpaired) electrons. The third-order valence-corrected chi connectivity index (χ3v) is 6.22. The number of halogens is 3. The number of hydrogen-bond acceptors (Lipinski definition) is 5. The number of carbonyl (C=O) groups excluding carboxylic acids is 1. The van der Waals surface area contributed by atoms with Gasteiger partial charge >= 0.3 is 6.36 Å². The lowest BCUT2D eigenvalue weighted by molar-refractivity contribution is -0.327. The Bertz CT molecular complexity index is 741. The second-order valence-corrected chi connectivity index (χ2v) is 9.08. The van der Waals surface area contributed by atoms with Gasteiger partial charge in [0.05, 0.1) is 24.9 Å². The van der Waals surface area contributed by atoms with Gasteiger partial charge in [-0.25, -0.2) is 0 Å². The molecule has 1 unspecified atom stereocenters. The largest absolute Gasteiger partial charge is 0.522 e. The van der Waals surface area contributed by atoms with Gasteiger partial charge in [0.1, 0.15) is 0 Å². The molecule has 1 amide bonds. The fourth-order valence-electron chi connectivity index (χ4n) is 4.44. The fraction of sp³-hybridized carbons (Fsp3) is 0.696. The zero-order valence-electron chi connectivity index (χ0n) is 18.7. The number of nitrogens with zero attached hydrogens (tertiary/aromatic N) is 2. The first kappa shape index (κ1) is 25.0. The molecule has 2 aliphatic heterocycles. The number of carbonyl (C=O) groups is 1. The minimum atomic E-state index is -4.62. The van der Waals surface area contributed by atoms with E-state index in [4.69, 9.17) is 4.74 Å². The van der Waals surface area contributed by atoms with E-state index in [1.165, 1.54) is 0 Å². The lowest BCUT2D eigenvalue weighted by Crippen LogP contribution is -2.51. The second-order valence-electron chi connectivity index (χ2n) is 9.08. The molecule has 2 aliphatic rings. The maximum absolute atomic E-state index is 12.9. The van der Waals surface area contributed by atoms with Crippen LogP contribution in [0.25, 0.3) is 0 Å². The molecule has 1 atom stereocenters. The van der Waals surface area contributed by atoms with Gasteiger partial charge in [-0.05, 0) is 63.8 Å². The van der Waals surface area contributed by atoms with Crippen LogP contribution >= 0.6 is 0 Å². The van der Waals surface area contributed by atoms with Gasteiger partial charge in [-0.1, -0.05) is 12.1 Å². The van der Waals surface area contributed by atoms with Crippen LogP contribution in [0, 0.1) is 0 Å². The van der Waals surface area contributed by atoms with Crippen molar-refractivity contribution < 1.29 is 32.5 Å². The summed E-state index contributed by atoms with van der Waals surface area (Å²) < 4.78 is 45.6. The Morgan fingerprint density at radius 2 is 1.72 bits per heavy atom. The molecule has 1 aromatic rings. The van der Waals surface area contributed by atoms with Crippen LogP contribution in [0.4, 0.5) is 13.2 Å². The fourth-order valence-corrected chi connectivity index (χ4v) is 4.44. The molecule has 3 rings (SSSR count). The van der Waals surface area contributed by atoms with E-state index in [0.29, 0.717) is 31.2 Å². The molecular weight excluding hydrogens is 425 g/mol. The first-order valence-electron chi connectivity index (χ1n) is 11.2. The van der Waals surface area contributed by atoms with Crippen molar-refractivity contribution >= 4 is 5.91 Å². The summed E-state index contributed by atoms with van der Waals surface area (Å²) in [6, 6.07) is 7.43. The van der Waals surface area contributed by atoms with Crippen molar-refractivity contribution in [2.24, 2.45) is 0 Å². The molecule has 180 valence electrons. The Hall–Kier alpha value is -1.68. The van der Waals surface area contributed by atoms with Gasteiger partial charge < -0.3 is 14.7 Å². The highest BCUT2D eigenvalue weighted by molar-refractivity contribution is 5.94. The number of alkyl halides is 3. The van der Waals surface area contributed by atoms with Crippen LogP contribution in [0.15, 0.2) is 24.3 Å². The van der Waals surface area contributed by atoms with E-state index >= 15 is 0 Å². The zero-order valence-corrected chi connectivity index (χ0v) is 18.7. The predicted octanol–water partition coefficient (Wildman–Crippen LogP) is 3.54. The molecule has 0 aliphatic carbocycles. The average molecular weight is 459 g/mol. The minimum Gasteiger partial charge on any atom is -0.386 e. The third kappa shape index (κ3) is 7.16. The Morgan fingerprint density at radius 3 is 2.31 bits per heavy atom. The average Bonchev–Trinajstić information content (AvgIpc) is 2.75. The highest BCUT2D eigenvalue weighted by atomic mass is 19.4. The topological polar surface area (TPSA) is 62.2 Å². The number of benzene rings is 1. The van der Waals surface area contributed by atoms with Gasteiger partial charge in [0.25, 0.3) is 5.91 Å². The highest BCUT2D eigenvalue weighted by Crippen LogP contribution is 2.25. The minimum absolute atomic E-state index is 0.00438. The first-order valence-corrected chi connectivity index (χ1v) is 11.2. The molecule has 2 fully saturated rings. The van der Waals surface area contributed by atoms with Gasteiger partial charge in [-0.3, -0.25) is 14.4 Å². The highest BCUT2D eigenvalue weighted by Gasteiger charge is 2.32. The van der Waals surface area contributed by atoms with Crippen LogP contribution in [-0.4, -0.2) is 78.7 Å². The van der Waals surface area contributed by atoms with Crippen molar-refractivity contribution in [3.05, 3.63) is 35.4 Å². The van der Waals surface area contributed by atoms with Gasteiger partial charge in [0, 0.05) is 31.2 Å². The van der Waals surface area contributed by atoms with E-state index in [9.17, 15) is 23.1 Å². The summed E-state index contributed by atoms with van der Waals surface area (Å²) in [7, 11) is 0. The summed E-state index contributed by atoms with van der Waals surface area (Å²) in [4.78, 5) is 17.1. The molecule has 0 aromatic heterocycles. The van der Waals surface area contributed by atoms with Crippen molar-refractivity contribution in [3.8, 4) is 0 Å². The maximum atomic E-state index is 12.9. The van der Waals surface area contributed by atoms with Crippen LogP contribution in [-0.2, 0) is 15.1 Å². The summed E-state index contributed by atoms with van der Waals surface area (Å²) in [6.45, 7) is 5.83. The first-order chi connectivity index (χ1) is 15.0. The molecule has 0 saturated carbocycles. The Kier molecular flexibility index (Phi) is 8.19. The standard InChI is InChI=1S/C23H33F3N2O4/c1-22(2,30)18-7-5-17(6-8-18)21(29)27-12-9-19(10-13-27)28-11-3-4-20(16-28)31-14-15-32-23(24,25)26/h5-8,19-20,30H,3-4,9-16H2,1-2H3. The Balaban J connectivity index is 1.44. The quantitative estimate of drug-likeness (QED) is 0.634. The molecule has 2 saturated heterocycles. The lowest BCUT2D eigenvalue weighted by atomic mass is 9.96. The smallest absolute Gasteiger partial charge is 0.386 e. The lowest BCUT2D eigenvalue weighted by Gasteiger charge is -2.42. The molecule has 9 heteroatoms. The van der Waals surface area contributed by atoms with Gasteiger partial charge in [0.15, 0.2) is 0 Å². The zero-order chi connectivity index (χ0) is 23.4. The number of piperidine rings is 2. The second kappa shape index (κ2) is 10.5. The Morgan fingerprint density at radius 1 is 1.06 bits per heavy atom. The number of aliphatic hydroxyl groups is 1. The molecule has 0 spiro atoms. The van der Waals surface area contributed by atoms with E-state index in [1.807, 2.05) is 4.90 Å². The van der Waals surface area contributed by atoms with E-state index in [1.54, 1.807) is 38.1 Å². The van der Waals surface area contributed by atoms with Crippen molar-refractivity contribution in [3.63, 3.8) is 0 Å². The van der Waals surface area contributed by atoms with Crippen molar-refractivity contribution in [2.75, 3.05) is 39.4 Å². The van der Waals surface area contributed by atoms with E-state index in [-0.39, 0.29) is 18.6 Å². The SMILES string of the molecule is CC(C)(O)c1ccc(C(=O)N2CCC(N3CCCC(OCCOC(F)(F)F)C3)CC2)cc1. The molecule has 32 heavy (non-hydrogen) atoms. The maximum Gasteiger partial charge on any atom is 0.522 e. The molecule has 6 nitrogen and oxygen atoms in total. The van der Waals surface area contributed by atoms with Crippen LogP contribution in [0.5, 0.6) is 0 Å². The van der Waals surface area contributed by atoms with E-state index in [2.05, 4.69) is 9.64 Å². The number of amides is 1. The van der Waals surface area contributed by atoms with Gasteiger partial charge in [-0.2, -0.15) is 0 Å². The Labute approximate surface area is 187 Å². The van der Waals surface area contributed by atoms with Crippen molar-refractivity contribution in [1.82, 2.24) is 9.80 Å². The predicted molar refractivity (Wildman–Crippen MR) is 113 cm³/mol. The third-order valence-electron chi connectivity index (χ3n) is 6.22. The summed E-state index contributed by atoms with van der Waals surface area (Å²) in [5, 5.41) is 10.1. The van der Waals surface area contributed by atoms with Gasteiger partial charge in [-0.15, -0.1) is 13.2 Å². The van der Waals surface area contributed by atoms with Crippen LogP contribution in [0.1, 0.15) is 55.5 Å². The number of likely N-dealkylation sites (tertiary alicyclic amines) is 2. The van der Waals surface area contributed by atoms with Gasteiger partial charge in [0.2, 0.25) is 0 Å². The molecule has 0 bridgehead atoms. The van der Waals surface area contributed by atoms with E-state index in [0.717, 1.165) is 37.8 Å². The molecule has 1 N–H and O–H groups in total. The summed E-state index contributed by atoms with van der Waals surface area (Å²) >= 11 is 0. The summed E-state index contributed by atoms with van der Waals surface area (Å²) in [6.07, 6.45) is -1.22. The van der Waals surface area contributed by atoms with E-state index < -0.39 is 18.6 Å². The number of rotatable bonds is 7. The van der Waals surface area contributed by atoms with Crippen LogP contribution < -0.4 is 0 Å². The van der Waals surface area contributed by atoms with Crippen LogP contribution in [0.2, 0.25) is 0 Å². The number of ether oxygens (including phenoxy) is 2. The summed E-state index contributed by atoms with van der Waals surface area (Å²) in [5.74, 6) is -0.00438. The van der Waals surface area contributed by atoms with Crippen molar-refractivity contribution in [1.29, 1.82) is 0 Å². The molecule has 2 heterocycles. The number of hydrogen-bond donors (Lipinski definition) is 1. The van der Waals surface area contributed by atoms with Crippen molar-refractivity contribution in [2.45, 2.75) is 63.6 Å². The van der Waals surface area contributed by atoms with Crippen LogP contribution in [0.3, 0.4) is 0 Å². The molecular formula is C23H33F3N2O4. The summed E-state index contributed by atoms with van der Waals surface area (Å²) in [5.41, 5.74) is 0.435. The molecule has 1 aromatic carbocycles.